The zero-order chi connectivity index (χ0) is 27.4. The van der Waals surface area contributed by atoms with Crippen molar-refractivity contribution >= 4 is 17.3 Å². The molecule has 0 saturated heterocycles. The third-order valence-corrected chi connectivity index (χ3v) is 7.33. The molecular weight excluding hydrogens is 494 g/mol. The van der Waals surface area contributed by atoms with Crippen molar-refractivity contribution in [3.63, 3.8) is 0 Å². The molecule has 5 rings (SSSR count). The van der Waals surface area contributed by atoms with Crippen LogP contribution in [-0.4, -0.2) is 39.6 Å². The number of carbonyl (C=O) groups is 1. The van der Waals surface area contributed by atoms with Gasteiger partial charge in [-0.1, -0.05) is 42.5 Å². The minimum Gasteiger partial charge on any atom is -0.493 e. The first-order chi connectivity index (χ1) is 19.0. The number of allylic oxidation sites excluding steroid dienone is 2. The minimum atomic E-state index is -0.353. The molecule has 0 unspecified atom stereocenters. The van der Waals surface area contributed by atoms with Crippen molar-refractivity contribution in [2.45, 2.75) is 25.3 Å². The average Bonchev–Trinajstić information content (AvgIpc) is 3.48. The molecule has 1 heterocycles. The van der Waals surface area contributed by atoms with E-state index in [4.69, 9.17) is 18.9 Å². The predicted octanol–water partition coefficient (Wildman–Crippen LogP) is 5.46. The van der Waals surface area contributed by atoms with Crippen LogP contribution >= 0.6 is 0 Å². The monoisotopic (exact) mass is 527 g/mol. The molecule has 3 aromatic rings. The van der Waals surface area contributed by atoms with Crippen LogP contribution in [0.4, 0.5) is 5.69 Å². The Morgan fingerprint density at radius 2 is 1.72 bits per heavy atom. The second-order valence-electron chi connectivity index (χ2n) is 9.53. The maximum absolute atomic E-state index is 12.4. The SMILES string of the molecule is COc1ccccc1OCC(=O)N/N=C(/C)c1ccc2c(c1)[C@@H]1C=CC[C@@H]1[C@H](c1cccc(OC)c1OC)N2. The Hall–Kier alpha value is -4.46. The molecule has 0 radical (unpaired) electrons. The summed E-state index contributed by atoms with van der Waals surface area (Å²) in [5.74, 6) is 2.78. The molecule has 2 aliphatic rings. The molecule has 2 N–H and O–H groups in total. The second kappa shape index (κ2) is 11.5. The van der Waals surface area contributed by atoms with Crippen LogP contribution in [-0.2, 0) is 4.79 Å². The third-order valence-electron chi connectivity index (χ3n) is 7.33. The van der Waals surface area contributed by atoms with Gasteiger partial charge in [0.05, 0.1) is 33.1 Å². The highest BCUT2D eigenvalue weighted by Crippen LogP contribution is 2.52. The number of para-hydroxylation sites is 3. The summed E-state index contributed by atoms with van der Waals surface area (Å²) in [7, 11) is 4.90. The van der Waals surface area contributed by atoms with E-state index in [1.807, 2.05) is 37.3 Å². The van der Waals surface area contributed by atoms with Gasteiger partial charge in [0.1, 0.15) is 0 Å². The highest BCUT2D eigenvalue weighted by molar-refractivity contribution is 6.00. The van der Waals surface area contributed by atoms with Crippen LogP contribution in [0.2, 0.25) is 0 Å². The molecule has 39 heavy (non-hydrogen) atoms. The predicted molar refractivity (Wildman–Crippen MR) is 151 cm³/mol. The smallest absolute Gasteiger partial charge is 0.277 e. The van der Waals surface area contributed by atoms with E-state index in [9.17, 15) is 4.79 Å². The van der Waals surface area contributed by atoms with E-state index in [0.29, 0.717) is 23.1 Å². The first-order valence-corrected chi connectivity index (χ1v) is 12.9. The highest BCUT2D eigenvalue weighted by Gasteiger charge is 2.39. The number of nitrogens with zero attached hydrogens (tertiary/aromatic N) is 1. The van der Waals surface area contributed by atoms with E-state index < -0.39 is 0 Å². The lowest BCUT2D eigenvalue weighted by Gasteiger charge is -2.38. The number of hydrazone groups is 1. The maximum Gasteiger partial charge on any atom is 0.277 e. The van der Waals surface area contributed by atoms with Gasteiger partial charge in [-0.3, -0.25) is 4.79 Å². The molecule has 1 aliphatic heterocycles. The molecular formula is C31H33N3O5. The second-order valence-corrected chi connectivity index (χ2v) is 9.53. The molecule has 0 fully saturated rings. The van der Waals surface area contributed by atoms with Crippen molar-refractivity contribution in [3.8, 4) is 23.0 Å². The molecule has 0 aromatic heterocycles. The van der Waals surface area contributed by atoms with Crippen LogP contribution in [0.1, 0.15) is 42.0 Å². The summed E-state index contributed by atoms with van der Waals surface area (Å²) in [6.07, 6.45) is 5.50. The first kappa shape index (κ1) is 26.2. The maximum atomic E-state index is 12.4. The quantitative estimate of drug-likeness (QED) is 0.218. The lowest BCUT2D eigenvalue weighted by molar-refractivity contribution is -0.123. The molecule has 3 aromatic carbocycles. The summed E-state index contributed by atoms with van der Waals surface area (Å²) >= 11 is 0. The number of methoxy groups -OCH3 is 3. The van der Waals surface area contributed by atoms with E-state index in [0.717, 1.165) is 34.7 Å². The van der Waals surface area contributed by atoms with Crippen LogP contribution in [0.3, 0.4) is 0 Å². The summed E-state index contributed by atoms with van der Waals surface area (Å²) in [5, 5.41) is 8.08. The topological polar surface area (TPSA) is 90.4 Å². The Morgan fingerprint density at radius 1 is 0.949 bits per heavy atom. The van der Waals surface area contributed by atoms with Crippen LogP contribution in [0.15, 0.2) is 77.9 Å². The van der Waals surface area contributed by atoms with E-state index in [2.05, 4.69) is 46.2 Å². The zero-order valence-electron chi connectivity index (χ0n) is 22.6. The Morgan fingerprint density at radius 3 is 2.49 bits per heavy atom. The minimum absolute atomic E-state index is 0.0747. The van der Waals surface area contributed by atoms with E-state index in [1.165, 1.54) is 5.56 Å². The van der Waals surface area contributed by atoms with E-state index >= 15 is 0 Å². The number of anilines is 1. The number of nitrogens with one attached hydrogen (secondary N) is 2. The summed E-state index contributed by atoms with van der Waals surface area (Å²) in [5.41, 5.74) is 7.61. The fourth-order valence-corrected chi connectivity index (χ4v) is 5.41. The van der Waals surface area contributed by atoms with Gasteiger partial charge in [-0.25, -0.2) is 5.43 Å². The van der Waals surface area contributed by atoms with Crippen molar-refractivity contribution in [1.82, 2.24) is 5.43 Å². The largest absolute Gasteiger partial charge is 0.493 e. The third kappa shape index (κ3) is 5.27. The number of benzene rings is 3. The summed E-state index contributed by atoms with van der Waals surface area (Å²) in [4.78, 5) is 12.4. The highest BCUT2D eigenvalue weighted by atomic mass is 16.5. The Labute approximate surface area is 228 Å². The van der Waals surface area contributed by atoms with Crippen molar-refractivity contribution in [3.05, 3.63) is 89.5 Å². The van der Waals surface area contributed by atoms with Gasteiger partial charge < -0.3 is 24.3 Å². The molecule has 8 nitrogen and oxygen atoms in total. The Kier molecular flexibility index (Phi) is 7.72. The molecule has 1 aliphatic carbocycles. The molecule has 0 saturated carbocycles. The van der Waals surface area contributed by atoms with Crippen molar-refractivity contribution < 1.29 is 23.7 Å². The summed E-state index contributed by atoms with van der Waals surface area (Å²) in [6, 6.07) is 19.5. The van der Waals surface area contributed by atoms with Gasteiger partial charge >= 0.3 is 0 Å². The number of rotatable bonds is 9. The van der Waals surface area contributed by atoms with E-state index in [1.54, 1.807) is 33.5 Å². The van der Waals surface area contributed by atoms with Gasteiger partial charge in [-0.2, -0.15) is 5.10 Å². The number of amides is 1. The molecule has 0 spiro atoms. The van der Waals surface area contributed by atoms with Gasteiger partial charge in [-0.15, -0.1) is 0 Å². The van der Waals surface area contributed by atoms with Crippen molar-refractivity contribution in [1.29, 1.82) is 0 Å². The van der Waals surface area contributed by atoms with Gasteiger partial charge in [-0.05, 0) is 60.7 Å². The van der Waals surface area contributed by atoms with Gasteiger partial charge in [0.2, 0.25) is 0 Å². The molecule has 0 bridgehead atoms. The number of hydrogen-bond acceptors (Lipinski definition) is 7. The van der Waals surface area contributed by atoms with Crippen molar-refractivity contribution in [2.24, 2.45) is 11.0 Å². The molecule has 3 atom stereocenters. The number of fused-ring (bicyclic) bond motifs is 3. The average molecular weight is 528 g/mol. The number of ether oxygens (including phenoxy) is 4. The fraction of sp³-hybridized carbons (Fsp3) is 0.290. The molecule has 8 heteroatoms. The standard InChI is InChI=1S/C31H33N3O5/c1-19(33-34-29(35)18-39-27-13-6-5-12-26(27)36-2)20-15-16-25-24(17-20)21-9-7-10-22(21)30(32-25)23-11-8-14-28(37-3)31(23)38-4/h5-9,11-17,21-22,30,32H,10,18H2,1-4H3,(H,34,35)/b33-19-/t21-,22+,30-/m1/s1. The van der Waals surface area contributed by atoms with Crippen LogP contribution in [0.25, 0.3) is 0 Å². The molecule has 1 amide bonds. The van der Waals surface area contributed by atoms with E-state index in [-0.39, 0.29) is 24.5 Å². The van der Waals surface area contributed by atoms with Gasteiger partial charge in [0.25, 0.3) is 5.91 Å². The Bertz CT molecular complexity index is 1420. The zero-order valence-corrected chi connectivity index (χ0v) is 22.6. The van der Waals surface area contributed by atoms with Crippen LogP contribution in [0.5, 0.6) is 23.0 Å². The Balaban J connectivity index is 1.32. The number of carbonyl (C=O) groups excluding carboxylic acids is 1. The fourth-order valence-electron chi connectivity index (χ4n) is 5.41. The van der Waals surface area contributed by atoms with Gasteiger partial charge in [0.15, 0.2) is 29.6 Å². The van der Waals surface area contributed by atoms with Crippen LogP contribution in [0, 0.1) is 5.92 Å². The lowest BCUT2D eigenvalue weighted by Crippen LogP contribution is -2.29. The van der Waals surface area contributed by atoms with Gasteiger partial charge in [0, 0.05) is 17.2 Å². The number of hydrogen-bond donors (Lipinski definition) is 2. The molecule has 202 valence electrons. The summed E-state index contributed by atoms with van der Waals surface area (Å²) in [6.45, 7) is 1.71. The normalized spacial score (nSPS) is 19.4. The van der Waals surface area contributed by atoms with Crippen molar-refractivity contribution in [2.75, 3.05) is 33.3 Å². The van der Waals surface area contributed by atoms with Crippen LogP contribution < -0.4 is 29.7 Å². The summed E-state index contributed by atoms with van der Waals surface area (Å²) < 4.78 is 22.2. The lowest BCUT2D eigenvalue weighted by atomic mass is 9.76. The first-order valence-electron chi connectivity index (χ1n) is 12.9.